The van der Waals surface area contributed by atoms with Crippen molar-refractivity contribution in [3.8, 4) is 0 Å². The minimum Gasteiger partial charge on any atom is -0.349 e. The van der Waals surface area contributed by atoms with Crippen molar-refractivity contribution >= 4 is 22.8 Å². The van der Waals surface area contributed by atoms with Crippen LogP contribution in [0.1, 0.15) is 10.5 Å². The molecule has 2 N–H and O–H groups in total. The highest BCUT2D eigenvalue weighted by atomic mass is 19.1. The number of aromatic nitrogens is 1. The van der Waals surface area contributed by atoms with Gasteiger partial charge in [0, 0.05) is 31.6 Å². The largest absolute Gasteiger partial charge is 0.349 e. The third-order valence-electron chi connectivity index (χ3n) is 3.52. The van der Waals surface area contributed by atoms with Crippen molar-refractivity contribution in [3.05, 3.63) is 41.8 Å². The molecule has 1 aliphatic heterocycles. The zero-order valence-corrected chi connectivity index (χ0v) is 11.8. The molecular weight excluding hydrogens is 287 g/mol. The molecule has 0 unspecified atom stereocenters. The Bertz CT molecular complexity index is 735. The number of nitrogens with one attached hydrogen (secondary N) is 2. The third kappa shape index (κ3) is 2.83. The summed E-state index contributed by atoms with van der Waals surface area (Å²) in [6.07, 6.45) is 0. The molecule has 1 aliphatic rings. The van der Waals surface area contributed by atoms with Crippen LogP contribution in [-0.2, 0) is 0 Å². The molecule has 0 aliphatic carbocycles. The van der Waals surface area contributed by atoms with E-state index < -0.39 is 5.82 Å². The van der Waals surface area contributed by atoms with Crippen molar-refractivity contribution in [3.63, 3.8) is 0 Å². The third-order valence-corrected chi connectivity index (χ3v) is 3.52. The molecule has 1 fully saturated rings. The highest BCUT2D eigenvalue weighted by Gasteiger charge is 2.19. The van der Waals surface area contributed by atoms with Crippen LogP contribution >= 0.6 is 0 Å². The van der Waals surface area contributed by atoms with Crippen LogP contribution in [0.25, 0.3) is 10.9 Å². The summed E-state index contributed by atoms with van der Waals surface area (Å²) in [7, 11) is 0. The smallest absolute Gasteiger partial charge is 0.317 e. The van der Waals surface area contributed by atoms with Crippen molar-refractivity contribution in [1.82, 2.24) is 20.5 Å². The van der Waals surface area contributed by atoms with Crippen LogP contribution in [0, 0.1) is 5.82 Å². The fourth-order valence-electron chi connectivity index (χ4n) is 2.36. The molecule has 0 spiro atoms. The molecule has 3 rings (SSSR count). The van der Waals surface area contributed by atoms with Crippen molar-refractivity contribution < 1.29 is 14.0 Å². The second-order valence-corrected chi connectivity index (χ2v) is 4.98. The van der Waals surface area contributed by atoms with E-state index in [1.807, 2.05) is 0 Å². The maximum atomic E-state index is 13.7. The van der Waals surface area contributed by atoms with E-state index >= 15 is 0 Å². The van der Waals surface area contributed by atoms with Gasteiger partial charge in [-0.3, -0.25) is 4.79 Å². The van der Waals surface area contributed by atoms with Crippen molar-refractivity contribution in [1.29, 1.82) is 0 Å². The predicted molar refractivity (Wildman–Crippen MR) is 79.0 cm³/mol. The van der Waals surface area contributed by atoms with Gasteiger partial charge in [0.25, 0.3) is 5.91 Å². The first kappa shape index (κ1) is 14.2. The molecule has 1 saturated heterocycles. The lowest BCUT2D eigenvalue weighted by atomic mass is 10.2. The normalized spacial score (nSPS) is 14.2. The number of rotatable bonds is 4. The van der Waals surface area contributed by atoms with Crippen LogP contribution in [0.5, 0.6) is 0 Å². The van der Waals surface area contributed by atoms with Crippen LogP contribution in [0.4, 0.5) is 9.18 Å². The number of carbonyl (C=O) groups excluding carboxylic acids is 2. The van der Waals surface area contributed by atoms with Crippen molar-refractivity contribution in [2.75, 3.05) is 26.2 Å². The maximum absolute atomic E-state index is 13.7. The number of hydrogen-bond donors (Lipinski definition) is 2. The molecule has 0 radical (unpaired) electrons. The second kappa shape index (κ2) is 5.97. The maximum Gasteiger partial charge on any atom is 0.317 e. The molecular formula is C15H15FN4O2. The molecule has 1 aromatic carbocycles. The summed E-state index contributed by atoms with van der Waals surface area (Å²) in [4.78, 5) is 29.1. The van der Waals surface area contributed by atoms with Gasteiger partial charge in [0.2, 0.25) is 0 Å². The van der Waals surface area contributed by atoms with Crippen LogP contribution in [0.3, 0.4) is 0 Å². The predicted octanol–water partition coefficient (Wildman–Crippen LogP) is 1.13. The number of para-hydroxylation sites is 1. The summed E-state index contributed by atoms with van der Waals surface area (Å²) in [6.45, 7) is 2.01. The van der Waals surface area contributed by atoms with Gasteiger partial charge in [0.05, 0.1) is 0 Å². The number of halogens is 1. The van der Waals surface area contributed by atoms with E-state index in [4.69, 9.17) is 0 Å². The monoisotopic (exact) mass is 302 g/mol. The number of urea groups is 1. The fourth-order valence-corrected chi connectivity index (χ4v) is 2.36. The SMILES string of the molecule is O=C(NCCN1CCNC1=O)c1ccc2cccc(F)c2n1. The molecule has 114 valence electrons. The summed E-state index contributed by atoms with van der Waals surface area (Å²) in [5.74, 6) is -0.842. The Morgan fingerprint density at radius 2 is 2.23 bits per heavy atom. The lowest BCUT2D eigenvalue weighted by molar-refractivity contribution is 0.0945. The molecule has 2 heterocycles. The van der Waals surface area contributed by atoms with Gasteiger partial charge in [-0.2, -0.15) is 0 Å². The summed E-state index contributed by atoms with van der Waals surface area (Å²) in [5, 5.41) is 6.01. The quantitative estimate of drug-likeness (QED) is 0.889. The molecule has 2 aromatic rings. The van der Waals surface area contributed by atoms with Gasteiger partial charge in [-0.25, -0.2) is 14.2 Å². The topological polar surface area (TPSA) is 74.3 Å². The first-order valence-electron chi connectivity index (χ1n) is 7.01. The summed E-state index contributed by atoms with van der Waals surface area (Å²) >= 11 is 0. The average Bonchev–Trinajstić information content (AvgIpc) is 2.93. The van der Waals surface area contributed by atoms with Gasteiger partial charge in [-0.15, -0.1) is 0 Å². The van der Waals surface area contributed by atoms with Gasteiger partial charge >= 0.3 is 6.03 Å². The van der Waals surface area contributed by atoms with Gasteiger partial charge in [-0.05, 0) is 12.1 Å². The van der Waals surface area contributed by atoms with E-state index in [1.54, 1.807) is 29.2 Å². The minimum absolute atomic E-state index is 0.125. The number of fused-ring (bicyclic) bond motifs is 1. The van der Waals surface area contributed by atoms with Crippen molar-refractivity contribution in [2.24, 2.45) is 0 Å². The van der Waals surface area contributed by atoms with Crippen LogP contribution < -0.4 is 10.6 Å². The minimum atomic E-state index is -0.458. The molecule has 1 aromatic heterocycles. The van der Waals surface area contributed by atoms with E-state index in [-0.39, 0.29) is 23.1 Å². The van der Waals surface area contributed by atoms with E-state index in [9.17, 15) is 14.0 Å². The fraction of sp³-hybridized carbons (Fsp3) is 0.267. The Balaban J connectivity index is 1.64. The molecule has 0 bridgehead atoms. The summed E-state index contributed by atoms with van der Waals surface area (Å²) < 4.78 is 13.7. The summed E-state index contributed by atoms with van der Waals surface area (Å²) in [6, 6.07) is 7.73. The number of hydrogen-bond acceptors (Lipinski definition) is 3. The number of nitrogens with zero attached hydrogens (tertiary/aromatic N) is 2. The average molecular weight is 302 g/mol. The number of carbonyl (C=O) groups is 2. The van der Waals surface area contributed by atoms with E-state index in [0.717, 1.165) is 0 Å². The Hall–Kier alpha value is -2.70. The van der Waals surface area contributed by atoms with Crippen LogP contribution in [0.2, 0.25) is 0 Å². The van der Waals surface area contributed by atoms with Gasteiger partial charge in [0.1, 0.15) is 17.0 Å². The Morgan fingerprint density at radius 1 is 1.36 bits per heavy atom. The van der Waals surface area contributed by atoms with Gasteiger partial charge < -0.3 is 15.5 Å². The highest BCUT2D eigenvalue weighted by molar-refractivity contribution is 5.94. The number of amides is 3. The summed E-state index contributed by atoms with van der Waals surface area (Å²) in [5.41, 5.74) is 0.331. The molecule has 6 nitrogen and oxygen atoms in total. The Labute approximate surface area is 126 Å². The molecule has 0 saturated carbocycles. The van der Waals surface area contributed by atoms with Crippen LogP contribution in [-0.4, -0.2) is 48.0 Å². The first-order chi connectivity index (χ1) is 10.6. The van der Waals surface area contributed by atoms with E-state index in [0.29, 0.717) is 31.6 Å². The Kier molecular flexibility index (Phi) is 3.86. The molecule has 3 amide bonds. The van der Waals surface area contributed by atoms with E-state index in [1.165, 1.54) is 6.07 Å². The number of benzene rings is 1. The van der Waals surface area contributed by atoms with Crippen molar-refractivity contribution in [2.45, 2.75) is 0 Å². The number of pyridine rings is 1. The van der Waals surface area contributed by atoms with Gasteiger partial charge in [-0.1, -0.05) is 18.2 Å². The zero-order chi connectivity index (χ0) is 15.5. The zero-order valence-electron chi connectivity index (χ0n) is 11.8. The second-order valence-electron chi connectivity index (χ2n) is 4.98. The lowest BCUT2D eigenvalue weighted by Gasteiger charge is -2.14. The lowest BCUT2D eigenvalue weighted by Crippen LogP contribution is -2.37. The van der Waals surface area contributed by atoms with E-state index in [2.05, 4.69) is 15.6 Å². The Morgan fingerprint density at radius 3 is 3.00 bits per heavy atom. The standard InChI is InChI=1S/C15H15FN4O2/c16-11-3-1-2-10-4-5-12(19-13(10)11)14(21)17-6-8-20-9-7-18-15(20)22/h1-5H,6-9H2,(H,17,21)(H,18,22). The first-order valence-corrected chi connectivity index (χ1v) is 7.01. The van der Waals surface area contributed by atoms with Crippen LogP contribution in [0.15, 0.2) is 30.3 Å². The molecule has 0 atom stereocenters. The molecule has 22 heavy (non-hydrogen) atoms. The molecule has 7 heteroatoms. The van der Waals surface area contributed by atoms with Gasteiger partial charge in [0.15, 0.2) is 0 Å². The highest BCUT2D eigenvalue weighted by Crippen LogP contribution is 2.15.